The molecule has 1 amide bonds. The predicted molar refractivity (Wildman–Crippen MR) is 124 cm³/mol. The van der Waals surface area contributed by atoms with E-state index < -0.39 is 11.9 Å². The molecule has 3 aromatic rings. The minimum absolute atomic E-state index is 0.0456. The fourth-order valence-electron chi connectivity index (χ4n) is 4.26. The molecule has 1 aliphatic rings. The molecule has 0 unspecified atom stereocenters. The molecule has 3 heterocycles. The van der Waals surface area contributed by atoms with Crippen molar-refractivity contribution >= 4 is 28.8 Å². The highest BCUT2D eigenvalue weighted by molar-refractivity contribution is 7.16. The summed E-state index contributed by atoms with van der Waals surface area (Å²) >= 11 is 7.67. The lowest BCUT2D eigenvalue weighted by Crippen LogP contribution is -2.37. The Morgan fingerprint density at radius 2 is 2.06 bits per heavy atom. The number of rotatable bonds is 6. The van der Waals surface area contributed by atoms with E-state index in [1.54, 1.807) is 23.1 Å². The number of aryl methyl sites for hydroxylation is 1. The van der Waals surface area contributed by atoms with E-state index in [-0.39, 0.29) is 17.4 Å². The highest BCUT2D eigenvalue weighted by atomic mass is 35.5. The van der Waals surface area contributed by atoms with Crippen molar-refractivity contribution in [3.8, 4) is 11.1 Å². The summed E-state index contributed by atoms with van der Waals surface area (Å²) in [4.78, 5) is 15.0. The summed E-state index contributed by atoms with van der Waals surface area (Å²) in [6.07, 6.45) is -0.271. The molecule has 1 atom stereocenters. The number of fused-ring (bicyclic) bond motifs is 1. The van der Waals surface area contributed by atoms with Crippen molar-refractivity contribution < 1.29 is 18.0 Å². The van der Waals surface area contributed by atoms with Crippen LogP contribution in [0.15, 0.2) is 49.2 Å². The van der Waals surface area contributed by atoms with Crippen LogP contribution in [0.25, 0.3) is 11.1 Å². The Bertz CT molecular complexity index is 1180. The largest absolute Gasteiger partial charge is 0.435 e. The van der Waals surface area contributed by atoms with Crippen molar-refractivity contribution in [2.75, 3.05) is 6.54 Å². The van der Waals surface area contributed by atoms with E-state index in [0.717, 1.165) is 23.3 Å². The van der Waals surface area contributed by atoms with Crippen molar-refractivity contribution in [2.45, 2.75) is 44.9 Å². The molecule has 0 spiro atoms. The number of alkyl halides is 3. The number of hydrogen-bond donors (Lipinski definition) is 0. The Balaban J connectivity index is 1.86. The Morgan fingerprint density at radius 3 is 2.76 bits per heavy atom. The van der Waals surface area contributed by atoms with Crippen LogP contribution in [0.3, 0.4) is 0 Å². The number of nitrogens with zero attached hydrogens (tertiary/aromatic N) is 3. The van der Waals surface area contributed by atoms with Crippen LogP contribution >= 0.6 is 22.9 Å². The molecular formula is C24H23ClF3N3OS. The van der Waals surface area contributed by atoms with Crippen LogP contribution in [0.5, 0.6) is 0 Å². The van der Waals surface area contributed by atoms with E-state index in [1.807, 2.05) is 19.1 Å². The van der Waals surface area contributed by atoms with Gasteiger partial charge < -0.3 is 4.90 Å². The van der Waals surface area contributed by atoms with Crippen molar-refractivity contribution in [2.24, 2.45) is 0 Å². The van der Waals surface area contributed by atoms with Crippen LogP contribution in [-0.2, 0) is 24.1 Å². The zero-order chi connectivity index (χ0) is 23.8. The maximum atomic E-state index is 13.9. The molecule has 0 N–H and O–H groups in total. The molecule has 1 aromatic carbocycles. The molecule has 0 aliphatic carbocycles. The lowest BCUT2D eigenvalue weighted by molar-refractivity contribution is -0.141. The standard InChI is InChI=1S/C24H23ClF3N3OS/c1-3-5-10-31-13-19(23(29-31)24(26,27)28)16-9-7-6-8-15(16)18-12-30(22(32)4-2)14-20-17(18)11-21(25)33-20/h4,6-9,11,13,18H,2-3,5,10,12,14H2,1H3/t18-/m0/s1. The van der Waals surface area contributed by atoms with Crippen molar-refractivity contribution in [3.63, 3.8) is 0 Å². The van der Waals surface area contributed by atoms with Crippen molar-refractivity contribution in [3.05, 3.63) is 75.2 Å². The maximum absolute atomic E-state index is 13.9. The normalized spacial score (nSPS) is 16.0. The second kappa shape index (κ2) is 9.35. The quantitative estimate of drug-likeness (QED) is 0.356. The minimum Gasteiger partial charge on any atom is -0.333 e. The number of carbonyl (C=O) groups is 1. The summed E-state index contributed by atoms with van der Waals surface area (Å²) in [5.74, 6) is -0.548. The second-order valence-electron chi connectivity index (χ2n) is 8.00. The van der Waals surface area contributed by atoms with Gasteiger partial charge in [-0.15, -0.1) is 11.3 Å². The fourth-order valence-corrected chi connectivity index (χ4v) is 5.61. The van der Waals surface area contributed by atoms with E-state index in [2.05, 4.69) is 11.7 Å². The van der Waals surface area contributed by atoms with Gasteiger partial charge in [-0.1, -0.05) is 55.8 Å². The molecule has 0 radical (unpaired) electrons. The van der Waals surface area contributed by atoms with Crippen LogP contribution in [-0.4, -0.2) is 27.1 Å². The van der Waals surface area contributed by atoms with E-state index >= 15 is 0 Å². The van der Waals surface area contributed by atoms with Crippen molar-refractivity contribution in [1.29, 1.82) is 0 Å². The third kappa shape index (κ3) is 4.73. The van der Waals surface area contributed by atoms with Gasteiger partial charge in [0.25, 0.3) is 0 Å². The fraction of sp³-hybridized carbons (Fsp3) is 0.333. The van der Waals surface area contributed by atoms with Gasteiger partial charge in [0.05, 0.1) is 10.9 Å². The molecule has 0 saturated carbocycles. The first kappa shape index (κ1) is 23.6. The zero-order valence-electron chi connectivity index (χ0n) is 18.0. The molecule has 1 aliphatic heterocycles. The number of unbranched alkanes of at least 4 members (excludes halogenated alkanes) is 1. The molecule has 4 nitrogen and oxygen atoms in total. The third-order valence-corrected chi connectivity index (χ3v) is 7.07. The molecular weight excluding hydrogens is 471 g/mol. The number of hydrogen-bond acceptors (Lipinski definition) is 3. The molecule has 2 aromatic heterocycles. The first-order valence-corrected chi connectivity index (χ1v) is 11.9. The van der Waals surface area contributed by atoms with Crippen LogP contribution < -0.4 is 0 Å². The number of thiophene rings is 1. The van der Waals surface area contributed by atoms with Crippen molar-refractivity contribution in [1.82, 2.24) is 14.7 Å². The summed E-state index contributed by atoms with van der Waals surface area (Å²) in [7, 11) is 0. The van der Waals surface area contributed by atoms with Gasteiger partial charge in [-0.05, 0) is 35.3 Å². The summed E-state index contributed by atoms with van der Waals surface area (Å²) in [6.45, 7) is 6.70. The maximum Gasteiger partial charge on any atom is 0.435 e. The van der Waals surface area contributed by atoms with E-state index in [9.17, 15) is 18.0 Å². The lowest BCUT2D eigenvalue weighted by Gasteiger charge is -2.33. The molecule has 0 saturated heterocycles. The first-order chi connectivity index (χ1) is 15.7. The number of aromatic nitrogens is 2. The van der Waals surface area contributed by atoms with Gasteiger partial charge >= 0.3 is 6.18 Å². The first-order valence-electron chi connectivity index (χ1n) is 10.7. The van der Waals surface area contributed by atoms with Gasteiger partial charge in [0.15, 0.2) is 5.69 Å². The minimum atomic E-state index is -4.59. The molecule has 0 bridgehead atoms. The van der Waals surface area contributed by atoms with E-state index in [4.69, 9.17) is 11.6 Å². The van der Waals surface area contributed by atoms with Crippen LogP contribution in [0.2, 0.25) is 4.34 Å². The summed E-state index contributed by atoms with van der Waals surface area (Å²) in [5, 5.41) is 3.88. The number of benzene rings is 1. The number of carbonyl (C=O) groups excluding carboxylic acids is 1. The Morgan fingerprint density at radius 1 is 1.30 bits per heavy atom. The highest BCUT2D eigenvalue weighted by Crippen LogP contribution is 2.45. The predicted octanol–water partition coefficient (Wildman–Crippen LogP) is 6.74. The molecule has 174 valence electrons. The van der Waals surface area contributed by atoms with Gasteiger partial charge in [0.1, 0.15) is 0 Å². The van der Waals surface area contributed by atoms with E-state index in [0.29, 0.717) is 35.1 Å². The summed E-state index contributed by atoms with van der Waals surface area (Å²) in [5.41, 5.74) is 1.25. The third-order valence-electron chi connectivity index (χ3n) is 5.81. The second-order valence-corrected chi connectivity index (χ2v) is 9.77. The SMILES string of the molecule is C=CC(=O)N1Cc2sc(Cl)cc2[C@H](c2ccccc2-c2cn(CCCC)nc2C(F)(F)F)C1. The Kier molecular flexibility index (Phi) is 6.68. The highest BCUT2D eigenvalue weighted by Gasteiger charge is 2.39. The average Bonchev–Trinajstić information content (AvgIpc) is 3.39. The van der Waals surface area contributed by atoms with E-state index in [1.165, 1.54) is 28.3 Å². The van der Waals surface area contributed by atoms with Gasteiger partial charge in [0.2, 0.25) is 5.91 Å². The zero-order valence-corrected chi connectivity index (χ0v) is 19.6. The smallest absolute Gasteiger partial charge is 0.333 e. The molecule has 4 rings (SSSR count). The Labute approximate surface area is 199 Å². The number of halogens is 4. The van der Waals surface area contributed by atoms with Gasteiger partial charge in [-0.25, -0.2) is 0 Å². The van der Waals surface area contributed by atoms with Crippen LogP contribution in [0.4, 0.5) is 13.2 Å². The molecule has 0 fully saturated rings. The monoisotopic (exact) mass is 493 g/mol. The van der Waals surface area contributed by atoms with Gasteiger partial charge in [-0.2, -0.15) is 18.3 Å². The van der Waals surface area contributed by atoms with Crippen LogP contribution in [0.1, 0.15) is 47.4 Å². The Hall–Kier alpha value is -2.58. The van der Waals surface area contributed by atoms with Gasteiger partial charge in [-0.3, -0.25) is 9.48 Å². The topological polar surface area (TPSA) is 38.1 Å². The average molecular weight is 494 g/mol. The summed E-state index contributed by atoms with van der Waals surface area (Å²) < 4.78 is 43.8. The van der Waals surface area contributed by atoms with Crippen LogP contribution in [0, 0.1) is 0 Å². The molecule has 9 heteroatoms. The van der Waals surface area contributed by atoms with Gasteiger partial charge in [0, 0.05) is 35.6 Å². The molecule has 33 heavy (non-hydrogen) atoms. The number of amides is 1. The lowest BCUT2D eigenvalue weighted by atomic mass is 9.84. The summed E-state index contributed by atoms with van der Waals surface area (Å²) in [6, 6.07) is 8.89.